The summed E-state index contributed by atoms with van der Waals surface area (Å²) in [6.45, 7) is 11.5. The van der Waals surface area contributed by atoms with Gasteiger partial charge in [0.05, 0.1) is 17.9 Å². The number of alkyl halides is 1. The summed E-state index contributed by atoms with van der Waals surface area (Å²) in [5.74, 6) is 2.54. The van der Waals surface area contributed by atoms with Gasteiger partial charge in [-0.15, -0.1) is 5.10 Å². The molecule has 4 aromatic rings. The first-order valence-electron chi connectivity index (χ1n) is 13.6. The van der Waals surface area contributed by atoms with Crippen molar-refractivity contribution < 1.29 is 4.39 Å². The van der Waals surface area contributed by atoms with Gasteiger partial charge in [-0.05, 0) is 71.2 Å². The monoisotopic (exact) mass is 514 g/mol. The van der Waals surface area contributed by atoms with Crippen LogP contribution >= 0.6 is 0 Å². The van der Waals surface area contributed by atoms with E-state index in [-0.39, 0.29) is 12.1 Å². The molecule has 2 atom stereocenters. The molecule has 0 saturated carbocycles. The third-order valence-corrected chi connectivity index (χ3v) is 7.58. The molecule has 0 radical (unpaired) electrons. The van der Waals surface area contributed by atoms with E-state index >= 15 is 0 Å². The Morgan fingerprint density at radius 2 is 2.03 bits per heavy atom. The Kier molecular flexibility index (Phi) is 6.73. The molecule has 198 valence electrons. The van der Waals surface area contributed by atoms with Crippen LogP contribution in [0.1, 0.15) is 69.7 Å². The van der Waals surface area contributed by atoms with Crippen LogP contribution in [0.4, 0.5) is 10.1 Å². The first-order valence-corrected chi connectivity index (χ1v) is 13.6. The summed E-state index contributed by atoms with van der Waals surface area (Å²) in [6, 6.07) is 6.77. The maximum absolute atomic E-state index is 14.6. The third kappa shape index (κ3) is 4.56. The van der Waals surface area contributed by atoms with Crippen LogP contribution in [0, 0.1) is 6.92 Å². The van der Waals surface area contributed by atoms with E-state index in [1.807, 2.05) is 21.6 Å². The van der Waals surface area contributed by atoms with Crippen molar-refractivity contribution in [2.24, 2.45) is 0 Å². The lowest BCUT2D eigenvalue weighted by molar-refractivity contribution is 0.306. The second kappa shape index (κ2) is 9.75. The van der Waals surface area contributed by atoms with Crippen LogP contribution in [-0.4, -0.2) is 56.8 Å². The topological polar surface area (TPSA) is 69.6 Å². The van der Waals surface area contributed by atoms with Gasteiger partial charge in [-0.3, -0.25) is 4.68 Å². The highest BCUT2D eigenvalue weighted by Gasteiger charge is 2.30. The molecule has 0 saturated heterocycles. The molecule has 8 nitrogen and oxygen atoms in total. The number of hydrogen-bond acceptors (Lipinski definition) is 5. The minimum Gasteiger partial charge on any atom is -0.364 e. The van der Waals surface area contributed by atoms with Crippen LogP contribution in [0.3, 0.4) is 0 Å². The van der Waals surface area contributed by atoms with Gasteiger partial charge in [-0.2, -0.15) is 5.10 Å². The van der Waals surface area contributed by atoms with Gasteiger partial charge < -0.3 is 9.47 Å². The Morgan fingerprint density at radius 3 is 2.68 bits per heavy atom. The van der Waals surface area contributed by atoms with Crippen LogP contribution < -0.4 is 10.4 Å². The number of anilines is 1. The smallest absolute Gasteiger partial charge is 0.200 e. The molecule has 0 fully saturated rings. The fourth-order valence-electron chi connectivity index (χ4n) is 5.37. The Labute approximate surface area is 226 Å². The lowest BCUT2D eigenvalue weighted by Crippen LogP contribution is -2.31. The number of halogens is 1. The molecule has 38 heavy (non-hydrogen) atoms. The van der Waals surface area contributed by atoms with E-state index in [1.165, 1.54) is 0 Å². The molecule has 0 amide bonds. The highest BCUT2D eigenvalue weighted by atomic mass is 19.1. The number of hydrogen-bond donors (Lipinski definition) is 0. The number of aromatic nitrogens is 7. The molecule has 5 rings (SSSR count). The van der Waals surface area contributed by atoms with Gasteiger partial charge >= 0.3 is 0 Å². The molecule has 1 aromatic carbocycles. The maximum Gasteiger partial charge on any atom is 0.200 e. The largest absolute Gasteiger partial charge is 0.364 e. The molecule has 4 heterocycles. The van der Waals surface area contributed by atoms with E-state index in [9.17, 15) is 4.39 Å². The highest BCUT2D eigenvalue weighted by molar-refractivity contribution is 6.36. The number of aryl methyl sites for hydroxylation is 3. The Hall–Kier alpha value is -3.36. The molecule has 11 heteroatoms. The molecular formula is C27H37B2FN8. The molecule has 0 aliphatic carbocycles. The molecule has 0 N–H and O–H groups in total. The average Bonchev–Trinajstić information content (AvgIpc) is 3.58. The molecule has 3 aromatic heterocycles. The molecule has 0 bridgehead atoms. The summed E-state index contributed by atoms with van der Waals surface area (Å²) in [4.78, 5) is 12.0. The van der Waals surface area contributed by atoms with Crippen molar-refractivity contribution in [1.82, 2.24) is 34.1 Å². The zero-order valence-electron chi connectivity index (χ0n) is 23.8. The predicted molar refractivity (Wildman–Crippen MR) is 155 cm³/mol. The van der Waals surface area contributed by atoms with Gasteiger partial charge in [0.25, 0.3) is 0 Å². The lowest BCUT2D eigenvalue weighted by Gasteiger charge is -2.32. The summed E-state index contributed by atoms with van der Waals surface area (Å²) >= 11 is 0. The Bertz CT molecular complexity index is 1460. The van der Waals surface area contributed by atoms with E-state index in [1.54, 1.807) is 14.8 Å². The van der Waals surface area contributed by atoms with Crippen LogP contribution in [0.2, 0.25) is 0 Å². The Balaban J connectivity index is 1.47. The van der Waals surface area contributed by atoms with E-state index in [0.29, 0.717) is 5.69 Å². The molecular weight excluding hydrogens is 477 g/mol. The molecule has 2 unspecified atom stereocenters. The fraction of sp³-hybridized carbons (Fsp3) is 0.481. The minimum absolute atomic E-state index is 0.113. The van der Waals surface area contributed by atoms with Gasteiger partial charge in [0.2, 0.25) is 0 Å². The highest BCUT2D eigenvalue weighted by Crippen LogP contribution is 2.35. The van der Waals surface area contributed by atoms with Gasteiger partial charge in [0.1, 0.15) is 30.8 Å². The van der Waals surface area contributed by atoms with Gasteiger partial charge in [-0.25, -0.2) is 19.0 Å². The van der Waals surface area contributed by atoms with Gasteiger partial charge in [0, 0.05) is 43.6 Å². The van der Waals surface area contributed by atoms with Crippen LogP contribution in [0.5, 0.6) is 0 Å². The summed E-state index contributed by atoms with van der Waals surface area (Å²) in [5, 5.41) is 9.47. The van der Waals surface area contributed by atoms with Crippen molar-refractivity contribution in [3.8, 4) is 22.9 Å². The van der Waals surface area contributed by atoms with Crippen molar-refractivity contribution in [1.29, 1.82) is 0 Å². The van der Waals surface area contributed by atoms with Crippen molar-refractivity contribution in [2.75, 3.05) is 11.9 Å². The molecule has 1 aliphatic rings. The van der Waals surface area contributed by atoms with Gasteiger partial charge in [0.15, 0.2) is 13.7 Å². The van der Waals surface area contributed by atoms with Crippen molar-refractivity contribution in [3.05, 3.63) is 47.7 Å². The number of imidazole rings is 1. The summed E-state index contributed by atoms with van der Waals surface area (Å²) < 4.78 is 20.7. The van der Waals surface area contributed by atoms with E-state index in [0.717, 1.165) is 71.4 Å². The zero-order valence-corrected chi connectivity index (χ0v) is 23.8. The standard InChI is InChI=1S/C27H37B2FN8/c1-7-36-15-22(27(5,29)30)32-25(36)19-11-10-18(13-20(19)28)35(6)21-9-8-12-37-26(21)33-24(34-37)23-17(4)14-31-38(23)16(2)3/h10-11,13-16,21H,7-9,12,28-29H2,1-6H3. The van der Waals surface area contributed by atoms with Crippen molar-refractivity contribution in [2.45, 2.75) is 78.2 Å². The number of benzene rings is 1. The van der Waals surface area contributed by atoms with Crippen LogP contribution in [-0.2, 0) is 18.7 Å². The normalized spacial score (nSPS) is 17.0. The first-order chi connectivity index (χ1) is 18.0. The minimum atomic E-state index is -1.48. The quantitative estimate of drug-likeness (QED) is 0.355. The molecule has 1 aliphatic heterocycles. The van der Waals surface area contributed by atoms with Crippen LogP contribution in [0.25, 0.3) is 22.9 Å². The predicted octanol–water partition coefficient (Wildman–Crippen LogP) is 2.92. The van der Waals surface area contributed by atoms with Crippen molar-refractivity contribution in [3.63, 3.8) is 0 Å². The number of nitrogens with zero attached hydrogens (tertiary/aromatic N) is 8. The SMILES string of the molecule is Bc1cc(N(C)C2CCCn3nc(-c4c(C)cnn4C(C)C)nc32)ccc1-c1nc(C(B)(C)F)cn1CC. The second-order valence-electron chi connectivity index (χ2n) is 11.2. The van der Waals surface area contributed by atoms with Gasteiger partial charge in [-0.1, -0.05) is 5.46 Å². The fourth-order valence-corrected chi connectivity index (χ4v) is 5.37. The Morgan fingerprint density at radius 1 is 1.26 bits per heavy atom. The maximum atomic E-state index is 14.6. The average molecular weight is 514 g/mol. The summed E-state index contributed by atoms with van der Waals surface area (Å²) in [7, 11) is 5.78. The van der Waals surface area contributed by atoms with Crippen LogP contribution in [0.15, 0.2) is 30.6 Å². The third-order valence-electron chi connectivity index (χ3n) is 7.58. The summed E-state index contributed by atoms with van der Waals surface area (Å²) in [5.41, 5.74) is 4.29. The van der Waals surface area contributed by atoms with Crippen molar-refractivity contribution >= 4 is 26.8 Å². The lowest BCUT2D eigenvalue weighted by atomic mass is 9.83. The van der Waals surface area contributed by atoms with E-state index < -0.39 is 5.57 Å². The van der Waals surface area contributed by atoms with E-state index in [2.05, 4.69) is 80.5 Å². The first kappa shape index (κ1) is 26.3. The zero-order chi connectivity index (χ0) is 27.4. The van der Waals surface area contributed by atoms with E-state index in [4.69, 9.17) is 10.1 Å². The number of fused-ring (bicyclic) bond motifs is 1. The summed E-state index contributed by atoms with van der Waals surface area (Å²) in [6.07, 6.45) is 5.77. The number of rotatable bonds is 7. The molecule has 0 spiro atoms. The second-order valence-corrected chi connectivity index (χ2v) is 11.2.